The number of hydrogen-bond donors (Lipinski definition) is 1. The number of aromatic amines is 1. The topological polar surface area (TPSA) is 123 Å². The average molecular weight is 529 g/mol. The van der Waals surface area contributed by atoms with Crippen LogP contribution >= 0.6 is 18.5 Å². The fourth-order valence-electron chi connectivity index (χ4n) is 4.33. The van der Waals surface area contributed by atoms with Crippen LogP contribution < -0.4 is 0 Å². The number of fused-ring (bicyclic) bond motifs is 2. The molecule has 36 heavy (non-hydrogen) atoms. The summed E-state index contributed by atoms with van der Waals surface area (Å²) in [6, 6.07) is 8.52. The largest absolute Gasteiger partial charge is 0.411 e. The first kappa shape index (κ1) is 22.9. The van der Waals surface area contributed by atoms with Gasteiger partial charge >= 0.3 is 18.3 Å². The Morgan fingerprint density at radius 3 is 2.83 bits per heavy atom. The lowest BCUT2D eigenvalue weighted by Gasteiger charge is -2.32. The minimum Gasteiger partial charge on any atom is -0.411 e. The van der Waals surface area contributed by atoms with E-state index in [1.54, 1.807) is 11.2 Å². The Hall–Kier alpha value is -3.56. The summed E-state index contributed by atoms with van der Waals surface area (Å²) < 4.78 is 33.6. The maximum atomic E-state index is 13.6. The van der Waals surface area contributed by atoms with E-state index < -0.39 is 18.5 Å². The van der Waals surface area contributed by atoms with Crippen LogP contribution in [0.25, 0.3) is 17.1 Å². The lowest BCUT2D eigenvalue weighted by molar-refractivity contribution is 0.0566. The van der Waals surface area contributed by atoms with E-state index in [2.05, 4.69) is 43.7 Å². The van der Waals surface area contributed by atoms with Crippen LogP contribution in [-0.2, 0) is 6.42 Å². The summed E-state index contributed by atoms with van der Waals surface area (Å²) in [5.74, 6) is -0.927. The van der Waals surface area contributed by atoms with E-state index in [1.807, 2.05) is 28.8 Å². The van der Waals surface area contributed by atoms with Crippen molar-refractivity contribution in [2.24, 2.45) is 0 Å². The number of halogens is 2. The van der Waals surface area contributed by atoms with Crippen molar-refractivity contribution < 1.29 is 18.0 Å². The molecule has 5 aromatic rings. The number of imidazole rings is 1. The Kier molecular flexibility index (Phi) is 5.61. The molecule has 184 valence electrons. The molecule has 6 rings (SSSR count). The van der Waals surface area contributed by atoms with Crippen molar-refractivity contribution in [2.45, 2.75) is 24.4 Å². The lowest BCUT2D eigenvalue weighted by atomic mass is 9.99. The summed E-state index contributed by atoms with van der Waals surface area (Å²) in [5.41, 5.74) is 4.12. The van der Waals surface area contributed by atoms with Crippen LogP contribution in [0.15, 0.2) is 47.3 Å². The number of alkyl halides is 2. The van der Waals surface area contributed by atoms with Crippen molar-refractivity contribution in [3.8, 4) is 11.6 Å². The summed E-state index contributed by atoms with van der Waals surface area (Å²) in [6.45, 7) is -2.45. The van der Waals surface area contributed by atoms with Crippen LogP contribution in [0.2, 0.25) is 0 Å². The highest BCUT2D eigenvalue weighted by Crippen LogP contribution is 2.36. The number of amides is 1. The van der Waals surface area contributed by atoms with Gasteiger partial charge in [-0.2, -0.15) is 19.0 Å². The van der Waals surface area contributed by atoms with Gasteiger partial charge in [0.2, 0.25) is 0 Å². The highest BCUT2D eigenvalue weighted by Gasteiger charge is 2.38. The Morgan fingerprint density at radius 1 is 1.19 bits per heavy atom. The molecule has 1 aliphatic rings. The highest BCUT2D eigenvalue weighted by atomic mass is 31.1. The van der Waals surface area contributed by atoms with Gasteiger partial charge in [-0.3, -0.25) is 4.79 Å². The quantitative estimate of drug-likeness (QED) is 0.347. The number of aromatic nitrogens is 8. The zero-order valence-electron chi connectivity index (χ0n) is 18.5. The summed E-state index contributed by atoms with van der Waals surface area (Å²) in [5, 5.41) is 16.3. The second-order valence-corrected chi connectivity index (χ2v) is 10.4. The number of hydrogen-bond acceptors (Lipinski definition) is 7. The van der Waals surface area contributed by atoms with Gasteiger partial charge in [0.1, 0.15) is 11.7 Å². The van der Waals surface area contributed by atoms with Gasteiger partial charge in [0.05, 0.1) is 28.9 Å². The van der Waals surface area contributed by atoms with E-state index in [0.29, 0.717) is 29.0 Å². The Bertz CT molecular complexity index is 1570. The van der Waals surface area contributed by atoms with Crippen molar-refractivity contribution in [2.75, 3.05) is 6.54 Å². The van der Waals surface area contributed by atoms with Crippen LogP contribution in [0.4, 0.5) is 8.78 Å². The molecule has 0 spiro atoms. The molecule has 6 heterocycles. The van der Waals surface area contributed by atoms with Gasteiger partial charge in [-0.15, -0.1) is 28.7 Å². The third kappa shape index (κ3) is 3.79. The van der Waals surface area contributed by atoms with Crippen LogP contribution in [-0.4, -0.2) is 56.9 Å². The predicted molar refractivity (Wildman–Crippen MR) is 129 cm³/mol. The molecule has 0 fully saturated rings. The standard InChI is InChI=1S/C21H19F2N9O2P2/c22-21(23)31-7-5-12(28-31)17-26-27-18(34-17)19(33)30-6-4-11-15(25-9-24-11)16(30)13-8-10-2-1-3-14(20(35)36)32(10)29-13/h1-3,5,7-9,16,20-21H,4,6,35-36H2,(H,24,25)/t16-/m0/s1. The number of nitrogens with zero attached hydrogens (tertiary/aromatic N) is 8. The van der Waals surface area contributed by atoms with Crippen molar-refractivity contribution in [3.63, 3.8) is 0 Å². The molecule has 1 amide bonds. The lowest BCUT2D eigenvalue weighted by Crippen LogP contribution is -2.41. The molecule has 1 N–H and O–H groups in total. The second kappa shape index (κ2) is 8.83. The normalized spacial score (nSPS) is 15.8. The van der Waals surface area contributed by atoms with E-state index in [-0.39, 0.29) is 22.9 Å². The zero-order valence-corrected chi connectivity index (χ0v) is 20.8. The zero-order chi connectivity index (χ0) is 25.0. The molecule has 1 aliphatic heterocycles. The number of H-pyrrole nitrogens is 1. The van der Waals surface area contributed by atoms with Crippen molar-refractivity contribution in [1.29, 1.82) is 0 Å². The second-order valence-electron chi connectivity index (χ2n) is 8.17. The summed E-state index contributed by atoms with van der Waals surface area (Å²) in [4.78, 5) is 22.8. The molecular formula is C21H19F2N9O2P2. The molecule has 0 bridgehead atoms. The number of nitrogens with one attached hydrogen (secondary N) is 1. The molecule has 0 radical (unpaired) electrons. The average Bonchev–Trinajstić information content (AvgIpc) is 3.66. The van der Waals surface area contributed by atoms with Gasteiger partial charge < -0.3 is 14.3 Å². The number of rotatable bonds is 5. The van der Waals surface area contributed by atoms with Crippen LogP contribution in [0.3, 0.4) is 0 Å². The first-order valence-corrected chi connectivity index (χ1v) is 12.2. The Morgan fingerprint density at radius 2 is 2.06 bits per heavy atom. The molecule has 0 aromatic carbocycles. The van der Waals surface area contributed by atoms with E-state index in [0.717, 1.165) is 23.1 Å². The first-order valence-electron chi connectivity index (χ1n) is 10.9. The Labute approximate surface area is 206 Å². The smallest absolute Gasteiger partial charge is 0.333 e. The van der Waals surface area contributed by atoms with Gasteiger partial charge in [-0.1, -0.05) is 6.07 Å². The Balaban J connectivity index is 1.38. The van der Waals surface area contributed by atoms with Crippen molar-refractivity contribution >= 4 is 29.9 Å². The van der Waals surface area contributed by atoms with Crippen molar-refractivity contribution in [1.82, 2.24) is 44.5 Å². The maximum absolute atomic E-state index is 13.6. The molecular weight excluding hydrogens is 510 g/mol. The van der Waals surface area contributed by atoms with Gasteiger partial charge in [0.15, 0.2) is 0 Å². The number of carbonyl (C=O) groups excluding carboxylic acids is 1. The van der Waals surface area contributed by atoms with Gasteiger partial charge in [-0.25, -0.2) is 14.2 Å². The van der Waals surface area contributed by atoms with E-state index in [4.69, 9.17) is 9.52 Å². The third-order valence-electron chi connectivity index (χ3n) is 5.98. The summed E-state index contributed by atoms with van der Waals surface area (Å²) in [6.07, 6.45) is 3.24. The molecule has 5 aromatic heterocycles. The SMILES string of the molecule is O=C(c1nnc(-c2ccn(C(F)F)n2)o1)N1CCc2[nH]cnc2[C@@H]1c1cc2cccc(C(P)P)n2n1. The van der Waals surface area contributed by atoms with Gasteiger partial charge in [0.25, 0.3) is 5.89 Å². The molecule has 0 saturated heterocycles. The summed E-state index contributed by atoms with van der Waals surface area (Å²) in [7, 11) is 5.46. The third-order valence-corrected chi connectivity index (χ3v) is 6.66. The summed E-state index contributed by atoms with van der Waals surface area (Å²) >= 11 is 0. The van der Waals surface area contributed by atoms with Crippen LogP contribution in [0.1, 0.15) is 51.5 Å². The highest BCUT2D eigenvalue weighted by molar-refractivity contribution is 7.37. The maximum Gasteiger partial charge on any atom is 0.333 e. The molecule has 3 atom stereocenters. The van der Waals surface area contributed by atoms with E-state index in [9.17, 15) is 13.6 Å². The van der Waals surface area contributed by atoms with Crippen LogP contribution in [0.5, 0.6) is 0 Å². The molecule has 15 heteroatoms. The minimum absolute atomic E-state index is 0.0453. The molecule has 0 aliphatic carbocycles. The minimum atomic E-state index is -2.81. The number of carbonyl (C=O) groups is 1. The van der Waals surface area contributed by atoms with Crippen molar-refractivity contribution in [3.05, 3.63) is 71.5 Å². The van der Waals surface area contributed by atoms with E-state index in [1.165, 1.54) is 6.07 Å². The first-order chi connectivity index (χ1) is 17.4. The van der Waals surface area contributed by atoms with Gasteiger partial charge in [0, 0.05) is 30.3 Å². The van der Waals surface area contributed by atoms with Crippen LogP contribution in [0, 0.1) is 0 Å². The molecule has 0 saturated carbocycles. The van der Waals surface area contributed by atoms with E-state index >= 15 is 0 Å². The fourth-order valence-corrected chi connectivity index (χ4v) is 4.84. The monoisotopic (exact) mass is 529 g/mol. The predicted octanol–water partition coefficient (Wildman–Crippen LogP) is 3.24. The fraction of sp³-hybridized carbons (Fsp3) is 0.238. The molecule has 11 nitrogen and oxygen atoms in total. The van der Waals surface area contributed by atoms with Gasteiger partial charge in [-0.05, 0) is 24.3 Å². The molecule has 2 unspecified atom stereocenters. The number of pyridine rings is 1.